The van der Waals surface area contributed by atoms with Gasteiger partial charge in [-0.15, -0.1) is 0 Å². The van der Waals surface area contributed by atoms with Gasteiger partial charge in [0.25, 0.3) is 0 Å². The average molecular weight is 254 g/mol. The van der Waals surface area contributed by atoms with Crippen molar-refractivity contribution >= 4 is 5.97 Å². The number of nitrogens with zero attached hydrogens (tertiary/aromatic N) is 2. The molecule has 104 valence electrons. The van der Waals surface area contributed by atoms with Gasteiger partial charge in [-0.2, -0.15) is 0 Å². The molecule has 2 fully saturated rings. The van der Waals surface area contributed by atoms with Crippen molar-refractivity contribution in [1.82, 2.24) is 9.80 Å². The van der Waals surface area contributed by atoms with Crippen molar-refractivity contribution in [2.75, 3.05) is 20.1 Å². The smallest absolute Gasteiger partial charge is 0.317 e. The highest BCUT2D eigenvalue weighted by molar-refractivity contribution is 5.69. The van der Waals surface area contributed by atoms with Gasteiger partial charge < -0.3 is 10.0 Å². The lowest BCUT2D eigenvalue weighted by Gasteiger charge is -2.42. The molecule has 0 spiro atoms. The van der Waals surface area contributed by atoms with Gasteiger partial charge in [0, 0.05) is 18.1 Å². The highest BCUT2D eigenvalue weighted by Crippen LogP contribution is 2.29. The molecule has 4 nitrogen and oxygen atoms in total. The van der Waals surface area contributed by atoms with E-state index in [1.54, 1.807) is 0 Å². The zero-order chi connectivity index (χ0) is 13.1. The van der Waals surface area contributed by atoms with Crippen molar-refractivity contribution in [1.29, 1.82) is 0 Å². The largest absolute Gasteiger partial charge is 0.480 e. The maximum Gasteiger partial charge on any atom is 0.317 e. The third kappa shape index (κ3) is 3.23. The molecule has 2 aliphatic rings. The first-order chi connectivity index (χ1) is 8.58. The molecule has 2 rings (SSSR count). The SMILES string of the molecule is CC1CC(N(CC(=O)O)C2CCCC2)CCN1C. The van der Waals surface area contributed by atoms with E-state index in [4.69, 9.17) is 5.11 Å². The molecular weight excluding hydrogens is 228 g/mol. The van der Waals surface area contributed by atoms with Gasteiger partial charge >= 0.3 is 5.97 Å². The van der Waals surface area contributed by atoms with Crippen LogP contribution in [-0.4, -0.2) is 59.1 Å². The van der Waals surface area contributed by atoms with Gasteiger partial charge in [0.2, 0.25) is 0 Å². The molecule has 0 aromatic carbocycles. The van der Waals surface area contributed by atoms with Crippen LogP contribution in [0, 0.1) is 0 Å². The lowest BCUT2D eigenvalue weighted by Crippen LogP contribution is -2.51. The van der Waals surface area contributed by atoms with Crippen molar-refractivity contribution in [2.45, 2.75) is 63.6 Å². The summed E-state index contributed by atoms with van der Waals surface area (Å²) >= 11 is 0. The van der Waals surface area contributed by atoms with Crippen LogP contribution in [0.3, 0.4) is 0 Å². The monoisotopic (exact) mass is 254 g/mol. The second-order valence-corrected chi connectivity index (χ2v) is 6.01. The summed E-state index contributed by atoms with van der Waals surface area (Å²) in [5.41, 5.74) is 0. The molecule has 0 aromatic heterocycles. The Labute approximate surface area is 110 Å². The third-order valence-corrected chi connectivity index (χ3v) is 4.76. The molecule has 1 saturated heterocycles. The number of carboxylic acids is 1. The van der Waals surface area contributed by atoms with E-state index in [9.17, 15) is 4.79 Å². The Kier molecular flexibility index (Phi) is 4.62. The molecule has 0 radical (unpaired) electrons. The van der Waals surface area contributed by atoms with Crippen LogP contribution in [0.5, 0.6) is 0 Å². The summed E-state index contributed by atoms with van der Waals surface area (Å²) in [6.07, 6.45) is 7.14. The van der Waals surface area contributed by atoms with E-state index in [-0.39, 0.29) is 6.54 Å². The van der Waals surface area contributed by atoms with Crippen LogP contribution in [-0.2, 0) is 4.79 Å². The Bertz CT molecular complexity index is 290. The molecule has 18 heavy (non-hydrogen) atoms. The predicted octanol–water partition coefficient (Wildman–Crippen LogP) is 1.80. The van der Waals surface area contributed by atoms with Gasteiger partial charge in [-0.3, -0.25) is 9.69 Å². The van der Waals surface area contributed by atoms with E-state index in [1.807, 2.05) is 0 Å². The van der Waals surface area contributed by atoms with E-state index in [1.165, 1.54) is 25.7 Å². The molecule has 1 saturated carbocycles. The fraction of sp³-hybridized carbons (Fsp3) is 0.929. The normalized spacial score (nSPS) is 31.1. The number of piperidine rings is 1. The first kappa shape index (κ1) is 13.8. The van der Waals surface area contributed by atoms with Gasteiger partial charge in [0.1, 0.15) is 0 Å². The second-order valence-electron chi connectivity index (χ2n) is 6.01. The number of carboxylic acid groups (broad SMARTS) is 1. The quantitative estimate of drug-likeness (QED) is 0.831. The lowest BCUT2D eigenvalue weighted by molar-refractivity contribution is -0.140. The van der Waals surface area contributed by atoms with Gasteiger partial charge in [-0.25, -0.2) is 0 Å². The van der Waals surface area contributed by atoms with E-state index in [0.29, 0.717) is 18.1 Å². The fourth-order valence-electron chi connectivity index (χ4n) is 3.51. The Balaban J connectivity index is 2.01. The zero-order valence-electron chi connectivity index (χ0n) is 11.6. The van der Waals surface area contributed by atoms with Crippen molar-refractivity contribution in [3.8, 4) is 0 Å². The molecule has 1 heterocycles. The number of carbonyl (C=O) groups is 1. The van der Waals surface area contributed by atoms with Gasteiger partial charge in [-0.1, -0.05) is 12.8 Å². The first-order valence-electron chi connectivity index (χ1n) is 7.25. The van der Waals surface area contributed by atoms with Crippen LogP contribution in [0.1, 0.15) is 45.4 Å². The van der Waals surface area contributed by atoms with Gasteiger partial charge in [0.05, 0.1) is 6.54 Å². The molecule has 2 unspecified atom stereocenters. The summed E-state index contributed by atoms with van der Waals surface area (Å²) in [7, 11) is 2.16. The molecule has 1 N–H and O–H groups in total. The van der Waals surface area contributed by atoms with Crippen LogP contribution in [0.2, 0.25) is 0 Å². The maximum atomic E-state index is 11.1. The Morgan fingerprint density at radius 1 is 1.28 bits per heavy atom. The molecule has 0 aromatic rings. The maximum absolute atomic E-state index is 11.1. The molecule has 1 aliphatic carbocycles. The third-order valence-electron chi connectivity index (χ3n) is 4.76. The van der Waals surface area contributed by atoms with Crippen LogP contribution in [0.4, 0.5) is 0 Å². The second kappa shape index (κ2) is 6.02. The summed E-state index contributed by atoms with van der Waals surface area (Å²) in [5.74, 6) is -0.673. The molecule has 2 atom stereocenters. The number of likely N-dealkylation sites (tertiary alicyclic amines) is 1. The van der Waals surface area contributed by atoms with Crippen molar-refractivity contribution in [3.63, 3.8) is 0 Å². The van der Waals surface area contributed by atoms with Crippen LogP contribution in [0.25, 0.3) is 0 Å². The summed E-state index contributed by atoms with van der Waals surface area (Å²) < 4.78 is 0. The number of hydrogen-bond donors (Lipinski definition) is 1. The van der Waals surface area contributed by atoms with Crippen LogP contribution in [0.15, 0.2) is 0 Å². The van der Waals surface area contributed by atoms with Crippen LogP contribution >= 0.6 is 0 Å². The van der Waals surface area contributed by atoms with Crippen molar-refractivity contribution < 1.29 is 9.90 Å². The molecule has 0 bridgehead atoms. The molecule has 1 aliphatic heterocycles. The van der Waals surface area contributed by atoms with E-state index in [2.05, 4.69) is 23.8 Å². The minimum absolute atomic E-state index is 0.228. The molecule has 4 heteroatoms. The van der Waals surface area contributed by atoms with Crippen LogP contribution < -0.4 is 0 Å². The predicted molar refractivity (Wildman–Crippen MR) is 71.7 cm³/mol. The first-order valence-corrected chi connectivity index (χ1v) is 7.25. The number of rotatable bonds is 4. The Morgan fingerprint density at radius 2 is 1.94 bits per heavy atom. The zero-order valence-corrected chi connectivity index (χ0v) is 11.6. The van der Waals surface area contributed by atoms with E-state index >= 15 is 0 Å². The highest BCUT2D eigenvalue weighted by atomic mass is 16.4. The molecule has 0 amide bonds. The summed E-state index contributed by atoms with van der Waals surface area (Å²) in [5, 5.41) is 9.14. The fourth-order valence-corrected chi connectivity index (χ4v) is 3.51. The summed E-state index contributed by atoms with van der Waals surface area (Å²) in [6.45, 7) is 3.57. The van der Waals surface area contributed by atoms with Gasteiger partial charge in [-0.05, 0) is 46.2 Å². The summed E-state index contributed by atoms with van der Waals surface area (Å²) in [6, 6.07) is 1.55. The van der Waals surface area contributed by atoms with E-state index < -0.39 is 5.97 Å². The van der Waals surface area contributed by atoms with Crippen molar-refractivity contribution in [2.24, 2.45) is 0 Å². The standard InChI is InChI=1S/C14H26N2O2/c1-11-9-13(7-8-15(11)2)16(10-14(17)18)12-5-3-4-6-12/h11-13H,3-10H2,1-2H3,(H,17,18). The average Bonchev–Trinajstić information content (AvgIpc) is 2.83. The number of aliphatic carboxylic acids is 1. The van der Waals surface area contributed by atoms with Crippen molar-refractivity contribution in [3.05, 3.63) is 0 Å². The Morgan fingerprint density at radius 3 is 2.50 bits per heavy atom. The minimum atomic E-state index is -0.673. The highest BCUT2D eigenvalue weighted by Gasteiger charge is 2.33. The molecular formula is C14H26N2O2. The van der Waals surface area contributed by atoms with Gasteiger partial charge in [0.15, 0.2) is 0 Å². The summed E-state index contributed by atoms with van der Waals surface area (Å²) in [4.78, 5) is 15.8. The Hall–Kier alpha value is -0.610. The lowest BCUT2D eigenvalue weighted by atomic mass is 9.95. The number of hydrogen-bond acceptors (Lipinski definition) is 3. The topological polar surface area (TPSA) is 43.8 Å². The minimum Gasteiger partial charge on any atom is -0.480 e. The van der Waals surface area contributed by atoms with E-state index in [0.717, 1.165) is 19.4 Å².